The number of aryl methyl sites for hydroxylation is 1. The standard InChI is InChI=1S/C20H14O5/c1-2-9-6-7-10-12(8-9)19(24)15-16(17(10)22)20(25)14-11(18(15)23)4-3-5-13(14)21/h3-8,21,23,25H,2H2,1H3. The molecule has 0 bridgehead atoms. The van der Waals surface area contributed by atoms with Crippen LogP contribution in [0.4, 0.5) is 0 Å². The Balaban J connectivity index is 2.14. The number of hydrogen-bond acceptors (Lipinski definition) is 5. The van der Waals surface area contributed by atoms with Crippen molar-refractivity contribution in [3.8, 4) is 17.2 Å². The van der Waals surface area contributed by atoms with E-state index in [2.05, 4.69) is 0 Å². The van der Waals surface area contributed by atoms with Crippen LogP contribution in [0.15, 0.2) is 36.4 Å². The van der Waals surface area contributed by atoms with Crippen LogP contribution in [0.25, 0.3) is 10.8 Å². The van der Waals surface area contributed by atoms with E-state index < -0.39 is 23.1 Å². The molecule has 0 heterocycles. The molecule has 0 aliphatic heterocycles. The summed E-state index contributed by atoms with van der Waals surface area (Å²) < 4.78 is 0. The second-order valence-corrected chi connectivity index (χ2v) is 6.04. The highest BCUT2D eigenvalue weighted by molar-refractivity contribution is 6.32. The molecule has 5 heteroatoms. The highest BCUT2D eigenvalue weighted by Gasteiger charge is 2.36. The molecule has 3 aromatic rings. The number of phenolic OH excluding ortho intramolecular Hbond substituents is 3. The molecule has 0 saturated heterocycles. The summed E-state index contributed by atoms with van der Waals surface area (Å²) in [5.41, 5.74) is 0.797. The minimum atomic E-state index is -0.551. The Morgan fingerprint density at radius 1 is 0.840 bits per heavy atom. The van der Waals surface area contributed by atoms with E-state index in [1.54, 1.807) is 18.2 Å². The van der Waals surface area contributed by atoms with E-state index in [9.17, 15) is 24.9 Å². The average Bonchev–Trinajstić information content (AvgIpc) is 2.62. The van der Waals surface area contributed by atoms with Crippen LogP contribution < -0.4 is 0 Å². The molecular formula is C20H14O5. The first-order valence-electron chi connectivity index (χ1n) is 7.87. The highest BCUT2D eigenvalue weighted by Crippen LogP contribution is 2.46. The van der Waals surface area contributed by atoms with Gasteiger partial charge in [-0.15, -0.1) is 0 Å². The Morgan fingerprint density at radius 2 is 1.52 bits per heavy atom. The first-order valence-corrected chi connectivity index (χ1v) is 7.87. The second kappa shape index (κ2) is 5.08. The Morgan fingerprint density at radius 3 is 2.24 bits per heavy atom. The third-order valence-corrected chi connectivity index (χ3v) is 4.69. The Hall–Kier alpha value is -3.34. The number of hydrogen-bond donors (Lipinski definition) is 3. The number of fused-ring (bicyclic) bond motifs is 3. The van der Waals surface area contributed by atoms with Crippen LogP contribution in [0.2, 0.25) is 0 Å². The predicted octanol–water partition coefficient (Wildman–Crippen LogP) is 3.29. The number of carbonyl (C=O) groups is 2. The van der Waals surface area contributed by atoms with Gasteiger partial charge in [-0.05, 0) is 24.1 Å². The minimum Gasteiger partial charge on any atom is -0.507 e. The van der Waals surface area contributed by atoms with Gasteiger partial charge in [0.2, 0.25) is 0 Å². The van der Waals surface area contributed by atoms with Crippen molar-refractivity contribution in [3.05, 3.63) is 64.2 Å². The van der Waals surface area contributed by atoms with Crippen molar-refractivity contribution >= 4 is 22.3 Å². The van der Waals surface area contributed by atoms with Gasteiger partial charge in [-0.3, -0.25) is 9.59 Å². The Labute approximate surface area is 142 Å². The zero-order valence-electron chi connectivity index (χ0n) is 13.3. The first kappa shape index (κ1) is 15.2. The largest absolute Gasteiger partial charge is 0.507 e. The quantitative estimate of drug-likeness (QED) is 0.464. The maximum atomic E-state index is 12.9. The van der Waals surface area contributed by atoms with E-state index in [0.717, 1.165) is 5.56 Å². The summed E-state index contributed by atoms with van der Waals surface area (Å²) in [6, 6.07) is 9.25. The fourth-order valence-electron chi connectivity index (χ4n) is 3.39. The number of rotatable bonds is 1. The molecule has 0 fully saturated rings. The lowest BCUT2D eigenvalue weighted by Gasteiger charge is -2.21. The fraction of sp³-hybridized carbons (Fsp3) is 0.100. The number of ketones is 2. The topological polar surface area (TPSA) is 94.8 Å². The SMILES string of the molecule is CCc1ccc2c(c1)C(=O)c1c(c(O)c3c(O)cccc3c1O)C2=O. The Kier molecular flexibility index (Phi) is 3.09. The van der Waals surface area contributed by atoms with Crippen molar-refractivity contribution in [2.45, 2.75) is 13.3 Å². The lowest BCUT2D eigenvalue weighted by atomic mass is 9.80. The van der Waals surface area contributed by atoms with Crippen LogP contribution in [0.5, 0.6) is 17.2 Å². The Bertz CT molecular complexity index is 1100. The van der Waals surface area contributed by atoms with E-state index >= 15 is 0 Å². The molecule has 0 atom stereocenters. The van der Waals surface area contributed by atoms with Crippen molar-refractivity contribution in [1.82, 2.24) is 0 Å². The van der Waals surface area contributed by atoms with E-state index in [1.807, 2.05) is 6.92 Å². The maximum Gasteiger partial charge on any atom is 0.198 e. The van der Waals surface area contributed by atoms with Crippen LogP contribution in [0, 0.1) is 0 Å². The first-order chi connectivity index (χ1) is 12.0. The van der Waals surface area contributed by atoms with Gasteiger partial charge >= 0.3 is 0 Å². The summed E-state index contributed by atoms with van der Waals surface area (Å²) in [5, 5.41) is 31.3. The zero-order valence-corrected chi connectivity index (χ0v) is 13.3. The van der Waals surface area contributed by atoms with Gasteiger partial charge < -0.3 is 15.3 Å². The van der Waals surface area contributed by atoms with Crippen molar-refractivity contribution in [2.24, 2.45) is 0 Å². The molecule has 0 spiro atoms. The molecule has 0 radical (unpaired) electrons. The number of phenols is 3. The van der Waals surface area contributed by atoms with E-state index in [0.29, 0.717) is 6.42 Å². The summed E-state index contributed by atoms with van der Waals surface area (Å²) in [5.74, 6) is -2.25. The number of carbonyl (C=O) groups excluding carboxylic acids is 2. The third-order valence-electron chi connectivity index (χ3n) is 4.69. The van der Waals surface area contributed by atoms with E-state index in [4.69, 9.17) is 0 Å². The highest BCUT2D eigenvalue weighted by atomic mass is 16.3. The molecule has 25 heavy (non-hydrogen) atoms. The average molecular weight is 334 g/mol. The van der Waals surface area contributed by atoms with Crippen molar-refractivity contribution in [1.29, 1.82) is 0 Å². The molecule has 1 aliphatic rings. The molecule has 0 amide bonds. The van der Waals surface area contributed by atoms with Gasteiger partial charge in [0, 0.05) is 16.5 Å². The van der Waals surface area contributed by atoms with Gasteiger partial charge in [0.15, 0.2) is 11.6 Å². The lowest BCUT2D eigenvalue weighted by Crippen LogP contribution is -2.21. The predicted molar refractivity (Wildman–Crippen MR) is 91.6 cm³/mol. The van der Waals surface area contributed by atoms with Crippen LogP contribution in [-0.2, 0) is 6.42 Å². The van der Waals surface area contributed by atoms with Gasteiger partial charge in [0.25, 0.3) is 0 Å². The van der Waals surface area contributed by atoms with Gasteiger partial charge in [0.05, 0.1) is 16.5 Å². The zero-order chi connectivity index (χ0) is 17.9. The van der Waals surface area contributed by atoms with Crippen molar-refractivity contribution in [2.75, 3.05) is 0 Å². The molecule has 5 nitrogen and oxygen atoms in total. The molecule has 3 N–H and O–H groups in total. The van der Waals surface area contributed by atoms with Crippen LogP contribution in [0.3, 0.4) is 0 Å². The lowest BCUT2D eigenvalue weighted by molar-refractivity contribution is 0.0974. The summed E-state index contributed by atoms with van der Waals surface area (Å²) in [4.78, 5) is 25.8. The molecule has 0 saturated carbocycles. The van der Waals surface area contributed by atoms with Crippen molar-refractivity contribution < 1.29 is 24.9 Å². The van der Waals surface area contributed by atoms with Gasteiger partial charge in [-0.2, -0.15) is 0 Å². The van der Waals surface area contributed by atoms with Gasteiger partial charge in [0.1, 0.15) is 17.2 Å². The molecule has 0 aromatic heterocycles. The van der Waals surface area contributed by atoms with Crippen LogP contribution >= 0.6 is 0 Å². The summed E-state index contributed by atoms with van der Waals surface area (Å²) >= 11 is 0. The minimum absolute atomic E-state index is 0.0477. The molecule has 1 aliphatic carbocycles. The molecular weight excluding hydrogens is 320 g/mol. The summed E-state index contributed by atoms with van der Waals surface area (Å²) in [7, 11) is 0. The monoisotopic (exact) mass is 334 g/mol. The molecule has 4 rings (SSSR count). The third kappa shape index (κ3) is 1.89. The summed E-state index contributed by atoms with van der Waals surface area (Å²) in [6.45, 7) is 1.93. The smallest absolute Gasteiger partial charge is 0.198 e. The molecule has 3 aromatic carbocycles. The normalized spacial score (nSPS) is 13.0. The van der Waals surface area contributed by atoms with Crippen LogP contribution in [-0.4, -0.2) is 26.9 Å². The second-order valence-electron chi connectivity index (χ2n) is 6.04. The molecule has 124 valence electrons. The molecule has 0 unspecified atom stereocenters. The summed E-state index contributed by atoms with van der Waals surface area (Å²) in [6.07, 6.45) is 0.699. The van der Waals surface area contributed by atoms with E-state index in [1.165, 1.54) is 18.2 Å². The maximum absolute atomic E-state index is 12.9. The van der Waals surface area contributed by atoms with Crippen molar-refractivity contribution in [3.63, 3.8) is 0 Å². The van der Waals surface area contributed by atoms with Gasteiger partial charge in [-0.25, -0.2) is 0 Å². The number of benzene rings is 3. The van der Waals surface area contributed by atoms with Gasteiger partial charge in [-0.1, -0.05) is 31.2 Å². The van der Waals surface area contributed by atoms with E-state index in [-0.39, 0.29) is 38.8 Å². The fourth-order valence-corrected chi connectivity index (χ4v) is 3.39. The number of aromatic hydroxyl groups is 3. The van der Waals surface area contributed by atoms with Crippen LogP contribution in [0.1, 0.15) is 44.3 Å².